The summed E-state index contributed by atoms with van der Waals surface area (Å²) in [6.07, 6.45) is 7.29. The summed E-state index contributed by atoms with van der Waals surface area (Å²) in [5, 5.41) is 8.61. The number of amides is 1. The number of carbonyl (C=O) groups excluding carboxylic acids is 1. The van der Waals surface area contributed by atoms with E-state index in [1.807, 2.05) is 23.9 Å². The van der Waals surface area contributed by atoms with Crippen LogP contribution >= 0.6 is 11.3 Å². The topological polar surface area (TPSA) is 51.9 Å². The molecule has 1 N–H and O–H groups in total. The van der Waals surface area contributed by atoms with E-state index >= 15 is 0 Å². The van der Waals surface area contributed by atoms with Gasteiger partial charge in [0.2, 0.25) is 0 Å². The highest BCUT2D eigenvalue weighted by atomic mass is 32.1. The van der Waals surface area contributed by atoms with Gasteiger partial charge in [0.15, 0.2) is 0 Å². The van der Waals surface area contributed by atoms with Crippen LogP contribution in [0.15, 0.2) is 24.7 Å². The van der Waals surface area contributed by atoms with Gasteiger partial charge in [-0.05, 0) is 33.3 Å². The van der Waals surface area contributed by atoms with E-state index in [4.69, 9.17) is 0 Å². The summed E-state index contributed by atoms with van der Waals surface area (Å²) < 4.78 is 5.27. The third-order valence-corrected chi connectivity index (χ3v) is 5.19. The smallest absolute Gasteiger partial charge is 0.261 e. The largest absolute Gasteiger partial charge is 0.350 e. The molecule has 0 aromatic carbocycles. The van der Waals surface area contributed by atoms with Crippen LogP contribution < -0.4 is 5.32 Å². The lowest BCUT2D eigenvalue weighted by Gasteiger charge is -2.05. The second kappa shape index (κ2) is 6.81. The number of hydrogen-bond donors (Lipinski definition) is 1. The maximum atomic E-state index is 12.4. The predicted octanol–water partition coefficient (Wildman–Crippen LogP) is 4.13. The number of hydrogen-bond acceptors (Lipinski definition) is 3. The standard InChI is InChI=1S/C18H24N4OS/c1-5-6-22-10-15(13(4)20-22)8-19-18(23)16-7-14-9-21(12(2)3)11-17(14)24-16/h7,9-12H,5-6,8H2,1-4H3,(H,19,23). The van der Waals surface area contributed by atoms with Crippen molar-refractivity contribution in [3.63, 3.8) is 0 Å². The molecule has 0 bridgehead atoms. The Morgan fingerprint density at radius 1 is 1.33 bits per heavy atom. The van der Waals surface area contributed by atoms with Crippen molar-refractivity contribution in [2.24, 2.45) is 0 Å². The number of thiophene rings is 1. The van der Waals surface area contributed by atoms with Crippen molar-refractivity contribution in [3.8, 4) is 0 Å². The Hall–Kier alpha value is -2.08. The van der Waals surface area contributed by atoms with Crippen LogP contribution in [-0.4, -0.2) is 20.3 Å². The highest BCUT2D eigenvalue weighted by Gasteiger charge is 2.13. The SMILES string of the molecule is CCCn1cc(CNC(=O)c2cc3cn(C(C)C)cc3s2)c(C)n1. The zero-order valence-corrected chi connectivity index (χ0v) is 15.5. The Morgan fingerprint density at radius 3 is 2.79 bits per heavy atom. The zero-order chi connectivity index (χ0) is 17.3. The Bertz CT molecular complexity index is 824. The monoisotopic (exact) mass is 344 g/mol. The summed E-state index contributed by atoms with van der Waals surface area (Å²) >= 11 is 1.54. The first-order valence-corrected chi connectivity index (χ1v) is 9.21. The molecule has 3 aromatic heterocycles. The summed E-state index contributed by atoms with van der Waals surface area (Å²) in [5.74, 6) is -0.0186. The molecule has 24 heavy (non-hydrogen) atoms. The van der Waals surface area contributed by atoms with E-state index in [0.29, 0.717) is 12.6 Å². The van der Waals surface area contributed by atoms with Crippen molar-refractivity contribution in [1.82, 2.24) is 19.7 Å². The number of carbonyl (C=O) groups is 1. The maximum Gasteiger partial charge on any atom is 0.261 e. The van der Waals surface area contributed by atoms with E-state index in [1.54, 1.807) is 11.3 Å². The second-order valence-electron chi connectivity index (χ2n) is 6.41. The third kappa shape index (κ3) is 3.38. The summed E-state index contributed by atoms with van der Waals surface area (Å²) in [4.78, 5) is 13.2. The predicted molar refractivity (Wildman–Crippen MR) is 98.6 cm³/mol. The van der Waals surface area contributed by atoms with Crippen molar-refractivity contribution in [2.75, 3.05) is 0 Å². The molecule has 0 aliphatic rings. The van der Waals surface area contributed by atoms with Crippen LogP contribution in [-0.2, 0) is 13.1 Å². The van der Waals surface area contributed by atoms with Gasteiger partial charge in [0, 0.05) is 48.7 Å². The van der Waals surface area contributed by atoms with Gasteiger partial charge in [0.25, 0.3) is 5.91 Å². The normalized spacial score (nSPS) is 11.5. The molecule has 0 aliphatic heterocycles. The van der Waals surface area contributed by atoms with Gasteiger partial charge in [0.1, 0.15) is 0 Å². The van der Waals surface area contributed by atoms with Crippen molar-refractivity contribution in [1.29, 1.82) is 0 Å². The number of aryl methyl sites for hydroxylation is 2. The molecule has 5 nitrogen and oxygen atoms in total. The molecule has 0 unspecified atom stereocenters. The maximum absolute atomic E-state index is 12.4. The molecule has 0 aliphatic carbocycles. The summed E-state index contributed by atoms with van der Waals surface area (Å²) in [6, 6.07) is 2.41. The third-order valence-electron chi connectivity index (χ3n) is 4.11. The fourth-order valence-electron chi connectivity index (χ4n) is 2.70. The summed E-state index contributed by atoms with van der Waals surface area (Å²) in [5.41, 5.74) is 2.05. The Balaban J connectivity index is 1.67. The van der Waals surface area contributed by atoms with E-state index in [9.17, 15) is 4.79 Å². The molecule has 3 rings (SSSR count). The minimum absolute atomic E-state index is 0.0186. The summed E-state index contributed by atoms with van der Waals surface area (Å²) in [7, 11) is 0. The molecule has 0 atom stereocenters. The van der Waals surface area contributed by atoms with E-state index < -0.39 is 0 Å². The molecule has 0 saturated carbocycles. The van der Waals surface area contributed by atoms with Crippen molar-refractivity contribution < 1.29 is 4.79 Å². The number of nitrogens with zero attached hydrogens (tertiary/aromatic N) is 3. The van der Waals surface area contributed by atoms with E-state index in [-0.39, 0.29) is 5.91 Å². The Morgan fingerprint density at radius 2 is 2.12 bits per heavy atom. The van der Waals surface area contributed by atoms with Crippen molar-refractivity contribution in [2.45, 2.75) is 53.2 Å². The number of aromatic nitrogens is 3. The fourth-order valence-corrected chi connectivity index (χ4v) is 3.69. The van der Waals surface area contributed by atoms with Crippen LogP contribution in [0.1, 0.15) is 54.2 Å². The molecule has 0 spiro atoms. The molecule has 0 saturated heterocycles. The van der Waals surface area contributed by atoms with Gasteiger partial charge in [-0.3, -0.25) is 9.48 Å². The van der Waals surface area contributed by atoms with E-state index in [0.717, 1.165) is 39.2 Å². The van der Waals surface area contributed by atoms with Crippen LogP contribution in [0.4, 0.5) is 0 Å². The number of nitrogens with one attached hydrogen (secondary N) is 1. The number of rotatable bonds is 6. The van der Waals surface area contributed by atoms with Crippen molar-refractivity contribution in [3.05, 3.63) is 40.8 Å². The minimum atomic E-state index is -0.0186. The first kappa shape index (κ1) is 16.8. The summed E-state index contributed by atoms with van der Waals surface area (Å²) in [6.45, 7) is 9.84. The van der Waals surface area contributed by atoms with E-state index in [2.05, 4.69) is 48.1 Å². The molecule has 128 valence electrons. The van der Waals surface area contributed by atoms with Crippen molar-refractivity contribution >= 4 is 27.3 Å². The highest BCUT2D eigenvalue weighted by Crippen LogP contribution is 2.28. The van der Waals surface area contributed by atoms with Crippen LogP contribution in [0.2, 0.25) is 0 Å². The highest BCUT2D eigenvalue weighted by molar-refractivity contribution is 7.20. The molecular weight excluding hydrogens is 320 g/mol. The van der Waals surface area contributed by atoms with E-state index in [1.165, 1.54) is 0 Å². The lowest BCUT2D eigenvalue weighted by Crippen LogP contribution is -2.21. The molecule has 3 heterocycles. The quantitative estimate of drug-likeness (QED) is 0.731. The van der Waals surface area contributed by atoms with Gasteiger partial charge in [-0.15, -0.1) is 11.3 Å². The average molecular weight is 344 g/mol. The minimum Gasteiger partial charge on any atom is -0.350 e. The second-order valence-corrected chi connectivity index (χ2v) is 7.50. The fraction of sp³-hybridized carbons (Fsp3) is 0.444. The molecule has 6 heteroatoms. The lowest BCUT2D eigenvalue weighted by atomic mass is 10.2. The number of fused-ring (bicyclic) bond motifs is 1. The first-order chi connectivity index (χ1) is 11.5. The van der Waals surface area contributed by atoms with Gasteiger partial charge in [-0.2, -0.15) is 5.10 Å². The van der Waals surface area contributed by atoms with Crippen LogP contribution in [0.3, 0.4) is 0 Å². The molecule has 1 amide bonds. The van der Waals surface area contributed by atoms with Gasteiger partial charge < -0.3 is 9.88 Å². The Kier molecular flexibility index (Phi) is 4.76. The average Bonchev–Trinajstić information content (AvgIpc) is 3.18. The molecule has 3 aromatic rings. The molecular formula is C18H24N4OS. The molecule has 0 fully saturated rings. The van der Waals surface area contributed by atoms with Gasteiger partial charge in [-0.25, -0.2) is 0 Å². The van der Waals surface area contributed by atoms with Crippen LogP contribution in [0.25, 0.3) is 10.1 Å². The van der Waals surface area contributed by atoms with Gasteiger partial charge in [0.05, 0.1) is 15.3 Å². The lowest BCUT2D eigenvalue weighted by molar-refractivity contribution is 0.0955. The first-order valence-electron chi connectivity index (χ1n) is 8.40. The van der Waals surface area contributed by atoms with Crippen LogP contribution in [0.5, 0.6) is 0 Å². The van der Waals surface area contributed by atoms with Gasteiger partial charge >= 0.3 is 0 Å². The van der Waals surface area contributed by atoms with Crippen LogP contribution in [0, 0.1) is 6.92 Å². The van der Waals surface area contributed by atoms with Gasteiger partial charge in [-0.1, -0.05) is 6.92 Å². The zero-order valence-electron chi connectivity index (χ0n) is 14.7. The Labute approximate surface area is 146 Å². The molecule has 0 radical (unpaired) electrons.